The fourth-order valence-electron chi connectivity index (χ4n) is 2.17. The molecule has 0 amide bonds. The van der Waals surface area contributed by atoms with E-state index in [1.54, 1.807) is 24.3 Å². The first-order valence-electron chi connectivity index (χ1n) is 7.06. The summed E-state index contributed by atoms with van der Waals surface area (Å²) in [4.78, 5) is 12.4. The van der Waals surface area contributed by atoms with E-state index in [4.69, 9.17) is 9.47 Å². The number of hydrogen-bond acceptors (Lipinski definition) is 5. The molecule has 0 aliphatic carbocycles. The fraction of sp³-hybridized carbons (Fsp3) is 0.167. The van der Waals surface area contributed by atoms with Gasteiger partial charge in [-0.25, -0.2) is 0 Å². The SMILES string of the molecule is COCc1cc(O)cc(C(=O)/C=C/c2ccc(O)c(OC)c2)c1Br. The summed E-state index contributed by atoms with van der Waals surface area (Å²) in [6.45, 7) is 0.272. The maximum atomic E-state index is 12.4. The number of benzene rings is 2. The molecule has 0 heterocycles. The number of hydrogen-bond donors (Lipinski definition) is 2. The monoisotopic (exact) mass is 392 g/mol. The summed E-state index contributed by atoms with van der Waals surface area (Å²) in [7, 11) is 2.99. The summed E-state index contributed by atoms with van der Waals surface area (Å²) in [6, 6.07) is 7.71. The van der Waals surface area contributed by atoms with Crippen LogP contribution in [0.4, 0.5) is 0 Å². The lowest BCUT2D eigenvalue weighted by Gasteiger charge is -2.08. The molecule has 0 unspecified atom stereocenters. The van der Waals surface area contributed by atoms with E-state index in [0.29, 0.717) is 26.9 Å². The summed E-state index contributed by atoms with van der Waals surface area (Å²) >= 11 is 3.38. The molecule has 0 aliphatic heterocycles. The van der Waals surface area contributed by atoms with Gasteiger partial charge in [0.2, 0.25) is 0 Å². The van der Waals surface area contributed by atoms with Crippen LogP contribution in [0.15, 0.2) is 40.9 Å². The zero-order chi connectivity index (χ0) is 17.7. The number of carbonyl (C=O) groups excluding carboxylic acids is 1. The van der Waals surface area contributed by atoms with Crippen LogP contribution in [0.1, 0.15) is 21.5 Å². The summed E-state index contributed by atoms with van der Waals surface area (Å²) in [6.07, 6.45) is 3.00. The van der Waals surface area contributed by atoms with Gasteiger partial charge in [0.05, 0.1) is 13.7 Å². The molecule has 24 heavy (non-hydrogen) atoms. The van der Waals surface area contributed by atoms with Crippen LogP contribution in [-0.4, -0.2) is 30.2 Å². The van der Waals surface area contributed by atoms with Crippen molar-refractivity contribution in [3.05, 3.63) is 57.6 Å². The third-order valence-electron chi connectivity index (χ3n) is 3.33. The second-order valence-electron chi connectivity index (χ2n) is 5.03. The number of carbonyl (C=O) groups is 1. The summed E-state index contributed by atoms with van der Waals surface area (Å²) in [5.74, 6) is 0.0712. The third kappa shape index (κ3) is 4.15. The molecule has 0 aliphatic rings. The van der Waals surface area contributed by atoms with E-state index >= 15 is 0 Å². The van der Waals surface area contributed by atoms with Gasteiger partial charge in [-0.1, -0.05) is 12.1 Å². The molecule has 0 saturated carbocycles. The lowest BCUT2D eigenvalue weighted by molar-refractivity contribution is 0.104. The number of ketones is 1. The van der Waals surface area contributed by atoms with Crippen molar-refractivity contribution in [1.82, 2.24) is 0 Å². The summed E-state index contributed by atoms with van der Waals surface area (Å²) in [5, 5.41) is 19.4. The number of rotatable bonds is 6. The fourth-order valence-corrected chi connectivity index (χ4v) is 2.71. The van der Waals surface area contributed by atoms with Crippen molar-refractivity contribution in [3.63, 3.8) is 0 Å². The molecule has 0 aromatic heterocycles. The van der Waals surface area contributed by atoms with E-state index in [-0.39, 0.29) is 23.9 Å². The maximum absolute atomic E-state index is 12.4. The van der Waals surface area contributed by atoms with Crippen LogP contribution in [0.3, 0.4) is 0 Å². The first-order valence-corrected chi connectivity index (χ1v) is 7.85. The second-order valence-corrected chi connectivity index (χ2v) is 5.82. The van der Waals surface area contributed by atoms with E-state index < -0.39 is 0 Å². The zero-order valence-corrected chi connectivity index (χ0v) is 14.8. The van der Waals surface area contributed by atoms with Crippen LogP contribution in [0.2, 0.25) is 0 Å². The average Bonchev–Trinajstić information content (AvgIpc) is 2.57. The Morgan fingerprint density at radius 2 is 1.96 bits per heavy atom. The zero-order valence-electron chi connectivity index (χ0n) is 13.2. The Morgan fingerprint density at radius 1 is 1.21 bits per heavy atom. The van der Waals surface area contributed by atoms with Crippen LogP contribution < -0.4 is 4.74 Å². The number of methoxy groups -OCH3 is 2. The standard InChI is InChI=1S/C18H17BrO5/c1-23-10-12-8-13(20)9-14(18(12)19)15(21)5-3-11-4-6-16(22)17(7-11)24-2/h3-9,20,22H,10H2,1-2H3/b5-3+. The molecular weight excluding hydrogens is 376 g/mol. The van der Waals surface area contributed by atoms with Gasteiger partial charge in [0.15, 0.2) is 17.3 Å². The molecule has 2 aromatic carbocycles. The first-order chi connectivity index (χ1) is 11.5. The highest BCUT2D eigenvalue weighted by Crippen LogP contribution is 2.29. The van der Waals surface area contributed by atoms with Crippen molar-refractivity contribution in [1.29, 1.82) is 0 Å². The summed E-state index contributed by atoms with van der Waals surface area (Å²) in [5.41, 5.74) is 1.72. The molecule has 0 atom stereocenters. The molecule has 2 aromatic rings. The predicted molar refractivity (Wildman–Crippen MR) is 94.5 cm³/mol. The Balaban J connectivity index is 2.29. The van der Waals surface area contributed by atoms with Gasteiger partial charge in [0, 0.05) is 17.1 Å². The van der Waals surface area contributed by atoms with E-state index in [1.807, 2.05) is 0 Å². The molecular formula is C18H17BrO5. The van der Waals surface area contributed by atoms with Gasteiger partial charge in [-0.05, 0) is 57.4 Å². The highest BCUT2D eigenvalue weighted by atomic mass is 79.9. The van der Waals surface area contributed by atoms with E-state index in [0.717, 1.165) is 0 Å². The number of aromatic hydroxyl groups is 2. The lowest BCUT2D eigenvalue weighted by Crippen LogP contribution is -2.00. The molecule has 0 spiro atoms. The number of phenolic OH excluding ortho intramolecular Hbond substituents is 2. The third-order valence-corrected chi connectivity index (χ3v) is 4.27. The number of allylic oxidation sites excluding steroid dienone is 1. The Labute approximate surface area is 148 Å². The van der Waals surface area contributed by atoms with Gasteiger partial charge in [0.25, 0.3) is 0 Å². The molecule has 6 heteroatoms. The maximum Gasteiger partial charge on any atom is 0.187 e. The normalized spacial score (nSPS) is 11.0. The first kappa shape index (κ1) is 18.0. The van der Waals surface area contributed by atoms with Crippen molar-refractivity contribution in [2.45, 2.75) is 6.61 Å². The van der Waals surface area contributed by atoms with Crippen molar-refractivity contribution >= 4 is 27.8 Å². The van der Waals surface area contributed by atoms with E-state index in [2.05, 4.69) is 15.9 Å². The molecule has 0 radical (unpaired) electrons. The average molecular weight is 393 g/mol. The Hall–Kier alpha value is -2.31. The van der Waals surface area contributed by atoms with Crippen LogP contribution in [-0.2, 0) is 11.3 Å². The van der Waals surface area contributed by atoms with E-state index in [1.165, 1.54) is 32.4 Å². The largest absolute Gasteiger partial charge is 0.508 e. The van der Waals surface area contributed by atoms with Crippen molar-refractivity contribution in [2.24, 2.45) is 0 Å². The molecule has 0 bridgehead atoms. The smallest absolute Gasteiger partial charge is 0.187 e. The number of ether oxygens (including phenoxy) is 2. The van der Waals surface area contributed by atoms with Gasteiger partial charge >= 0.3 is 0 Å². The second kappa shape index (κ2) is 7.99. The van der Waals surface area contributed by atoms with Crippen LogP contribution in [0.5, 0.6) is 17.2 Å². The Morgan fingerprint density at radius 3 is 2.62 bits per heavy atom. The minimum Gasteiger partial charge on any atom is -0.508 e. The molecule has 2 rings (SSSR count). The van der Waals surface area contributed by atoms with Crippen LogP contribution in [0.25, 0.3) is 6.08 Å². The summed E-state index contributed by atoms with van der Waals surface area (Å²) < 4.78 is 10.7. The van der Waals surface area contributed by atoms with Crippen molar-refractivity contribution < 1.29 is 24.5 Å². The minimum absolute atomic E-state index is 0.00620. The molecule has 0 saturated heterocycles. The number of halogens is 1. The molecule has 0 fully saturated rings. The highest BCUT2D eigenvalue weighted by molar-refractivity contribution is 9.10. The van der Waals surface area contributed by atoms with Gasteiger partial charge < -0.3 is 19.7 Å². The quantitative estimate of drug-likeness (QED) is 0.575. The van der Waals surface area contributed by atoms with Crippen molar-refractivity contribution in [3.8, 4) is 17.2 Å². The topological polar surface area (TPSA) is 76.0 Å². The van der Waals surface area contributed by atoms with Gasteiger partial charge in [0.1, 0.15) is 5.75 Å². The molecule has 126 valence electrons. The van der Waals surface area contributed by atoms with Gasteiger partial charge in [-0.3, -0.25) is 4.79 Å². The Kier molecular flexibility index (Phi) is 6.00. The van der Waals surface area contributed by atoms with Gasteiger partial charge in [-0.2, -0.15) is 0 Å². The minimum atomic E-state index is -0.276. The Bertz CT molecular complexity index is 783. The molecule has 5 nitrogen and oxygen atoms in total. The predicted octanol–water partition coefficient (Wildman–Crippen LogP) is 3.91. The van der Waals surface area contributed by atoms with Crippen molar-refractivity contribution in [2.75, 3.05) is 14.2 Å². The number of phenols is 2. The van der Waals surface area contributed by atoms with Gasteiger partial charge in [-0.15, -0.1) is 0 Å². The van der Waals surface area contributed by atoms with Crippen LogP contribution >= 0.6 is 15.9 Å². The van der Waals surface area contributed by atoms with Crippen LogP contribution in [0, 0.1) is 0 Å². The molecule has 2 N–H and O–H groups in total. The highest BCUT2D eigenvalue weighted by Gasteiger charge is 2.13. The van der Waals surface area contributed by atoms with E-state index in [9.17, 15) is 15.0 Å². The lowest BCUT2D eigenvalue weighted by atomic mass is 10.1.